The molecule has 5 aromatic rings. The van der Waals surface area contributed by atoms with Crippen molar-refractivity contribution in [3.8, 4) is 29.9 Å². The molecule has 2 unspecified atom stereocenters. The smallest absolute Gasteiger partial charge is 0.261 e. The van der Waals surface area contributed by atoms with Gasteiger partial charge >= 0.3 is 0 Å². The van der Waals surface area contributed by atoms with Crippen molar-refractivity contribution in [3.05, 3.63) is 103 Å². The van der Waals surface area contributed by atoms with Gasteiger partial charge in [0.2, 0.25) is 0 Å². The van der Waals surface area contributed by atoms with Gasteiger partial charge in [0, 0.05) is 42.4 Å². The molecule has 342 valence electrons. The summed E-state index contributed by atoms with van der Waals surface area (Å²) in [5.74, 6) is 0.561. The first-order valence-electron chi connectivity index (χ1n) is 24.7. The van der Waals surface area contributed by atoms with Gasteiger partial charge < -0.3 is 9.80 Å². The van der Waals surface area contributed by atoms with Crippen LogP contribution in [-0.4, -0.2) is 34.7 Å². The fourth-order valence-electron chi connectivity index (χ4n) is 9.66. The van der Waals surface area contributed by atoms with Crippen LogP contribution in [0.25, 0.3) is 41.3 Å². The standard InChI is InChI=1S/C56H72N2O2S4/c1-9-13-15-17-19-23-42-33-48(61-40(42)8)44-29-31-46(62-44)52-50-51(56(60)57(52)35-38(6)21-11-3)53(58(55(50)59)36-39(7)22-12-4)47-32-30-45(63-47)49-34-43(24-20-18-16-14-10-2)54(64-49)41-27-25-37(5)26-28-41/h25-34,38-39H,9-24,35-36H2,1-8H3. The van der Waals surface area contributed by atoms with Gasteiger partial charge in [0.15, 0.2) is 0 Å². The Hall–Kier alpha value is -3.56. The second-order valence-corrected chi connectivity index (χ2v) is 23.2. The van der Waals surface area contributed by atoms with Crippen LogP contribution in [0.3, 0.4) is 0 Å². The first-order chi connectivity index (χ1) is 31.1. The molecule has 2 aliphatic heterocycles. The van der Waals surface area contributed by atoms with Gasteiger partial charge in [-0.05, 0) is 117 Å². The third kappa shape index (κ3) is 11.0. The van der Waals surface area contributed by atoms with E-state index in [1.54, 1.807) is 22.7 Å². The Labute approximate surface area is 401 Å². The van der Waals surface area contributed by atoms with Crippen molar-refractivity contribution in [3.63, 3.8) is 0 Å². The Kier molecular flexibility index (Phi) is 17.2. The number of aryl methyl sites for hydroxylation is 4. The number of carbonyl (C=O) groups is 2. The molecule has 0 spiro atoms. The monoisotopic (exact) mass is 932 g/mol. The Morgan fingerprint density at radius 2 is 0.938 bits per heavy atom. The summed E-state index contributed by atoms with van der Waals surface area (Å²) in [6, 6.07) is 22.6. The zero-order chi connectivity index (χ0) is 45.3. The van der Waals surface area contributed by atoms with Crippen LogP contribution >= 0.6 is 45.3 Å². The number of amides is 2. The van der Waals surface area contributed by atoms with E-state index in [4.69, 9.17) is 0 Å². The summed E-state index contributed by atoms with van der Waals surface area (Å²) in [4.78, 5) is 44.1. The van der Waals surface area contributed by atoms with Gasteiger partial charge in [0.05, 0.1) is 32.3 Å². The summed E-state index contributed by atoms with van der Waals surface area (Å²) in [6.07, 6.45) is 19.1. The molecule has 4 nitrogen and oxygen atoms in total. The molecule has 0 N–H and O–H groups in total. The summed E-state index contributed by atoms with van der Waals surface area (Å²) in [5, 5.41) is 0. The summed E-state index contributed by atoms with van der Waals surface area (Å²) in [5.41, 5.74) is 8.28. The van der Waals surface area contributed by atoms with Crippen molar-refractivity contribution in [2.45, 2.75) is 158 Å². The highest BCUT2D eigenvalue weighted by molar-refractivity contribution is 7.24. The molecule has 7 rings (SSSR count). The SMILES string of the molecule is CCCCCCCc1cc(-c2ccc(C3=C4C(=O)N(CC(C)CCC)C(c5ccc(-c6cc(CCCCCCC)c(-c7ccc(C)cc7)s6)s5)=C4C(=O)N3CC(C)CCC)s2)sc1C. The molecule has 4 aromatic heterocycles. The topological polar surface area (TPSA) is 40.6 Å². The molecule has 2 amide bonds. The van der Waals surface area contributed by atoms with Crippen molar-refractivity contribution >= 4 is 68.6 Å². The Morgan fingerprint density at radius 1 is 0.484 bits per heavy atom. The first kappa shape index (κ1) is 48.4. The summed E-state index contributed by atoms with van der Waals surface area (Å²) < 4.78 is 0. The summed E-state index contributed by atoms with van der Waals surface area (Å²) in [7, 11) is 0. The molecule has 64 heavy (non-hydrogen) atoms. The molecular formula is C56H72N2O2S4. The van der Waals surface area contributed by atoms with Crippen molar-refractivity contribution in [1.29, 1.82) is 0 Å². The lowest BCUT2D eigenvalue weighted by molar-refractivity contribution is -0.124. The van der Waals surface area contributed by atoms with E-state index >= 15 is 9.59 Å². The lowest BCUT2D eigenvalue weighted by Crippen LogP contribution is -2.33. The predicted molar refractivity (Wildman–Crippen MR) is 281 cm³/mol. The van der Waals surface area contributed by atoms with E-state index in [9.17, 15) is 0 Å². The zero-order valence-electron chi connectivity index (χ0n) is 40.0. The van der Waals surface area contributed by atoms with Crippen LogP contribution in [0.5, 0.6) is 0 Å². The van der Waals surface area contributed by atoms with E-state index in [2.05, 4.69) is 116 Å². The average molecular weight is 933 g/mol. The molecule has 0 radical (unpaired) electrons. The molecule has 0 bridgehead atoms. The predicted octanol–water partition coefficient (Wildman–Crippen LogP) is 17.3. The van der Waals surface area contributed by atoms with Crippen LogP contribution in [0.2, 0.25) is 0 Å². The van der Waals surface area contributed by atoms with E-state index in [1.165, 1.54) is 116 Å². The van der Waals surface area contributed by atoms with Crippen molar-refractivity contribution in [2.75, 3.05) is 13.1 Å². The van der Waals surface area contributed by atoms with Crippen molar-refractivity contribution < 1.29 is 9.59 Å². The Balaban J connectivity index is 1.29. The highest BCUT2D eigenvalue weighted by Gasteiger charge is 2.50. The molecule has 6 heterocycles. The Morgan fingerprint density at radius 3 is 1.44 bits per heavy atom. The maximum Gasteiger partial charge on any atom is 0.261 e. The normalized spacial score (nSPS) is 15.1. The number of rotatable bonds is 25. The number of thiophene rings is 4. The van der Waals surface area contributed by atoms with E-state index in [1.807, 2.05) is 32.5 Å². The molecule has 2 atom stereocenters. The molecular weight excluding hydrogens is 861 g/mol. The fraction of sp³-hybridized carbons (Fsp3) is 0.500. The van der Waals surface area contributed by atoms with Gasteiger partial charge in [-0.2, -0.15) is 0 Å². The third-order valence-electron chi connectivity index (χ3n) is 13.1. The lowest BCUT2D eigenvalue weighted by Gasteiger charge is -2.27. The van der Waals surface area contributed by atoms with Crippen LogP contribution < -0.4 is 0 Å². The van der Waals surface area contributed by atoms with E-state index < -0.39 is 0 Å². The van der Waals surface area contributed by atoms with Crippen LogP contribution in [0, 0.1) is 25.7 Å². The number of hydrogen-bond donors (Lipinski definition) is 0. The maximum atomic E-state index is 15.2. The molecule has 0 aliphatic carbocycles. The van der Waals surface area contributed by atoms with Gasteiger partial charge in [-0.25, -0.2) is 0 Å². The van der Waals surface area contributed by atoms with Crippen LogP contribution in [-0.2, 0) is 22.4 Å². The molecule has 1 aromatic carbocycles. The van der Waals surface area contributed by atoms with Gasteiger partial charge in [-0.3, -0.25) is 9.59 Å². The fourth-order valence-corrected chi connectivity index (χ4v) is 14.2. The number of fused-ring (bicyclic) bond motifs is 1. The minimum absolute atomic E-state index is 0.0210. The van der Waals surface area contributed by atoms with Crippen LogP contribution in [0.1, 0.15) is 163 Å². The number of nitrogens with zero attached hydrogens (tertiary/aromatic N) is 2. The van der Waals surface area contributed by atoms with Crippen molar-refractivity contribution in [1.82, 2.24) is 9.80 Å². The first-order valence-corrected chi connectivity index (χ1v) is 28.0. The quantitative estimate of drug-likeness (QED) is 0.0547. The van der Waals surface area contributed by atoms with Gasteiger partial charge in [-0.1, -0.05) is 136 Å². The molecule has 0 saturated heterocycles. The van der Waals surface area contributed by atoms with Gasteiger partial charge in [0.1, 0.15) is 0 Å². The number of carbonyl (C=O) groups excluding carboxylic acids is 2. The minimum atomic E-state index is -0.0210. The molecule has 2 aliphatic rings. The Bertz CT molecular complexity index is 2420. The highest BCUT2D eigenvalue weighted by Crippen LogP contribution is 2.51. The average Bonchev–Trinajstić information content (AvgIpc) is 4.14. The molecule has 0 fully saturated rings. The second kappa shape index (κ2) is 22.8. The summed E-state index contributed by atoms with van der Waals surface area (Å²) in [6.45, 7) is 19.1. The lowest BCUT2D eigenvalue weighted by atomic mass is 10.0. The zero-order valence-corrected chi connectivity index (χ0v) is 43.3. The third-order valence-corrected chi connectivity index (χ3v) is 18.0. The highest BCUT2D eigenvalue weighted by atomic mass is 32.1. The van der Waals surface area contributed by atoms with Crippen LogP contribution in [0.15, 0.2) is 71.8 Å². The minimum Gasteiger partial charge on any atom is -0.306 e. The number of benzene rings is 1. The maximum absolute atomic E-state index is 15.2. The largest absolute Gasteiger partial charge is 0.306 e. The molecule has 0 saturated carbocycles. The second-order valence-electron chi connectivity index (χ2n) is 18.7. The number of unbranched alkanes of at least 4 members (excludes halogenated alkanes) is 8. The molecule has 8 heteroatoms. The number of hydrogen-bond acceptors (Lipinski definition) is 6. The van der Waals surface area contributed by atoms with Crippen LogP contribution in [0.4, 0.5) is 0 Å². The van der Waals surface area contributed by atoms with Crippen molar-refractivity contribution in [2.24, 2.45) is 11.8 Å². The van der Waals surface area contributed by atoms with Gasteiger partial charge in [-0.15, -0.1) is 45.3 Å². The van der Waals surface area contributed by atoms with E-state index in [0.29, 0.717) is 36.1 Å². The summed E-state index contributed by atoms with van der Waals surface area (Å²) >= 11 is 7.24. The van der Waals surface area contributed by atoms with E-state index in [0.717, 1.165) is 59.7 Å². The van der Waals surface area contributed by atoms with Gasteiger partial charge in [0.25, 0.3) is 11.8 Å². The van der Waals surface area contributed by atoms with E-state index in [-0.39, 0.29) is 11.8 Å².